The molecule has 1 atom stereocenters. The Balaban J connectivity index is 2.00. The molecule has 0 fully saturated rings. The van der Waals surface area contributed by atoms with Crippen molar-refractivity contribution in [2.75, 3.05) is 25.7 Å². The molecule has 2 N–H and O–H groups in total. The summed E-state index contributed by atoms with van der Waals surface area (Å²) in [6.45, 7) is 0.495. The Hall–Kier alpha value is -2.53. The summed E-state index contributed by atoms with van der Waals surface area (Å²) in [4.78, 5) is 14.7. The van der Waals surface area contributed by atoms with Gasteiger partial charge in [-0.3, -0.25) is 4.79 Å². The number of anilines is 1. The van der Waals surface area contributed by atoms with Crippen LogP contribution in [0.25, 0.3) is 0 Å². The minimum absolute atomic E-state index is 0.0682. The molecule has 0 saturated carbocycles. The zero-order chi connectivity index (χ0) is 16.4. The predicted molar refractivity (Wildman–Crippen MR) is 89.3 cm³/mol. The van der Waals surface area contributed by atoms with Crippen LogP contribution in [0.3, 0.4) is 0 Å². The molecule has 0 spiro atoms. The normalized spacial score (nSPS) is 16.7. The quantitative estimate of drug-likeness (QED) is 0.944. The number of rotatable bonds is 3. The highest BCUT2D eigenvalue weighted by Gasteiger charge is 2.27. The third-order valence-electron chi connectivity index (χ3n) is 4.03. The second kappa shape index (κ2) is 6.30. The van der Waals surface area contributed by atoms with Gasteiger partial charge in [0.05, 0.1) is 14.2 Å². The molecule has 1 heterocycles. The lowest BCUT2D eigenvalue weighted by Gasteiger charge is -2.33. The van der Waals surface area contributed by atoms with Gasteiger partial charge in [-0.15, -0.1) is 0 Å². The number of nitrogens with zero attached hydrogens (tertiary/aromatic N) is 1. The number of para-hydroxylation sites is 1. The Morgan fingerprint density at radius 2 is 1.78 bits per heavy atom. The molecular formula is C18H20N2O3. The molecule has 1 aliphatic rings. The fraction of sp³-hybridized carbons (Fsp3) is 0.278. The SMILES string of the molecule is COc1cc(OC)cc(C(=O)N2CC(N)Cc3ccccc32)c1. The summed E-state index contributed by atoms with van der Waals surface area (Å²) in [5.74, 6) is 1.06. The van der Waals surface area contributed by atoms with Crippen molar-refractivity contribution in [3.8, 4) is 11.5 Å². The number of carbonyl (C=O) groups is 1. The fourth-order valence-corrected chi connectivity index (χ4v) is 2.91. The van der Waals surface area contributed by atoms with Crippen LogP contribution in [-0.2, 0) is 6.42 Å². The van der Waals surface area contributed by atoms with Gasteiger partial charge < -0.3 is 20.1 Å². The molecule has 120 valence electrons. The van der Waals surface area contributed by atoms with Gasteiger partial charge in [0.15, 0.2) is 0 Å². The molecule has 3 rings (SSSR count). The molecule has 0 aliphatic carbocycles. The van der Waals surface area contributed by atoms with E-state index in [9.17, 15) is 4.79 Å². The number of hydrogen-bond donors (Lipinski definition) is 1. The highest BCUT2D eigenvalue weighted by molar-refractivity contribution is 6.07. The van der Waals surface area contributed by atoms with Crippen LogP contribution >= 0.6 is 0 Å². The van der Waals surface area contributed by atoms with E-state index in [-0.39, 0.29) is 11.9 Å². The van der Waals surface area contributed by atoms with Gasteiger partial charge in [0.1, 0.15) is 11.5 Å². The second-order valence-electron chi connectivity index (χ2n) is 5.61. The van der Waals surface area contributed by atoms with Crippen molar-refractivity contribution in [1.82, 2.24) is 0 Å². The number of nitrogens with two attached hydrogens (primary N) is 1. The first-order valence-electron chi connectivity index (χ1n) is 7.51. The van der Waals surface area contributed by atoms with Gasteiger partial charge in [0, 0.05) is 29.9 Å². The topological polar surface area (TPSA) is 64.8 Å². The highest BCUT2D eigenvalue weighted by atomic mass is 16.5. The number of ether oxygens (including phenoxy) is 2. The van der Waals surface area contributed by atoms with E-state index < -0.39 is 0 Å². The maximum atomic E-state index is 13.0. The molecule has 23 heavy (non-hydrogen) atoms. The van der Waals surface area contributed by atoms with Crippen molar-refractivity contribution < 1.29 is 14.3 Å². The lowest BCUT2D eigenvalue weighted by atomic mass is 9.97. The predicted octanol–water partition coefficient (Wildman–Crippen LogP) is 2.23. The fourth-order valence-electron chi connectivity index (χ4n) is 2.91. The van der Waals surface area contributed by atoms with Crippen LogP contribution < -0.4 is 20.1 Å². The van der Waals surface area contributed by atoms with Crippen molar-refractivity contribution in [2.24, 2.45) is 5.73 Å². The summed E-state index contributed by atoms with van der Waals surface area (Å²) < 4.78 is 10.5. The van der Waals surface area contributed by atoms with Crippen LogP contribution in [0.4, 0.5) is 5.69 Å². The molecule has 0 bridgehead atoms. The van der Waals surface area contributed by atoms with Crippen molar-refractivity contribution in [3.05, 3.63) is 53.6 Å². The van der Waals surface area contributed by atoms with Gasteiger partial charge in [0.25, 0.3) is 5.91 Å². The monoisotopic (exact) mass is 312 g/mol. The van der Waals surface area contributed by atoms with E-state index in [1.54, 1.807) is 37.3 Å². The van der Waals surface area contributed by atoms with Crippen molar-refractivity contribution in [2.45, 2.75) is 12.5 Å². The molecule has 2 aromatic carbocycles. The Labute approximate surface area is 135 Å². The Kier molecular flexibility index (Phi) is 4.21. The standard InChI is InChI=1S/C18H20N2O3/c1-22-15-8-13(9-16(10-15)23-2)18(21)20-11-14(19)7-12-5-3-4-6-17(12)20/h3-6,8-10,14H,7,11,19H2,1-2H3. The van der Waals surface area contributed by atoms with Crippen LogP contribution in [0.1, 0.15) is 15.9 Å². The number of carbonyl (C=O) groups excluding carboxylic acids is 1. The maximum absolute atomic E-state index is 13.0. The molecule has 1 aliphatic heterocycles. The third-order valence-corrected chi connectivity index (χ3v) is 4.03. The van der Waals surface area contributed by atoms with Crippen LogP contribution in [-0.4, -0.2) is 32.7 Å². The van der Waals surface area contributed by atoms with E-state index in [0.29, 0.717) is 23.6 Å². The summed E-state index contributed by atoms with van der Waals surface area (Å²) in [5, 5.41) is 0. The van der Waals surface area contributed by atoms with Gasteiger partial charge in [-0.25, -0.2) is 0 Å². The molecule has 5 nitrogen and oxygen atoms in total. The maximum Gasteiger partial charge on any atom is 0.258 e. The summed E-state index contributed by atoms with van der Waals surface area (Å²) in [5.41, 5.74) is 8.65. The highest BCUT2D eigenvalue weighted by Crippen LogP contribution is 2.30. The zero-order valence-electron chi connectivity index (χ0n) is 13.3. The number of benzene rings is 2. The van der Waals surface area contributed by atoms with Gasteiger partial charge in [0.2, 0.25) is 0 Å². The minimum atomic E-state index is -0.107. The molecule has 5 heteroatoms. The van der Waals surface area contributed by atoms with Gasteiger partial charge in [-0.05, 0) is 30.2 Å². The number of methoxy groups -OCH3 is 2. The van der Waals surface area contributed by atoms with Gasteiger partial charge in [-0.1, -0.05) is 18.2 Å². The number of fused-ring (bicyclic) bond motifs is 1. The molecule has 0 saturated heterocycles. The first kappa shape index (κ1) is 15.4. The van der Waals surface area contributed by atoms with Crippen molar-refractivity contribution in [3.63, 3.8) is 0 Å². The molecule has 2 aromatic rings. The summed E-state index contributed by atoms with van der Waals surface area (Å²) >= 11 is 0. The van der Waals surface area contributed by atoms with E-state index in [1.807, 2.05) is 24.3 Å². The lowest BCUT2D eigenvalue weighted by Crippen LogP contribution is -2.46. The smallest absolute Gasteiger partial charge is 0.258 e. The lowest BCUT2D eigenvalue weighted by molar-refractivity contribution is 0.0982. The molecular weight excluding hydrogens is 292 g/mol. The average Bonchev–Trinajstić information content (AvgIpc) is 2.59. The van der Waals surface area contributed by atoms with Crippen LogP contribution in [0.5, 0.6) is 11.5 Å². The van der Waals surface area contributed by atoms with E-state index in [0.717, 1.165) is 17.7 Å². The second-order valence-corrected chi connectivity index (χ2v) is 5.61. The number of amides is 1. The van der Waals surface area contributed by atoms with Gasteiger partial charge >= 0.3 is 0 Å². The summed E-state index contributed by atoms with van der Waals surface area (Å²) in [6, 6.07) is 13.0. The van der Waals surface area contributed by atoms with E-state index >= 15 is 0 Å². The van der Waals surface area contributed by atoms with Crippen molar-refractivity contribution in [1.29, 1.82) is 0 Å². The van der Waals surface area contributed by atoms with Crippen LogP contribution in [0.2, 0.25) is 0 Å². The first-order valence-corrected chi connectivity index (χ1v) is 7.51. The average molecular weight is 312 g/mol. The van der Waals surface area contributed by atoms with E-state index in [4.69, 9.17) is 15.2 Å². The Morgan fingerprint density at radius 1 is 1.13 bits per heavy atom. The minimum Gasteiger partial charge on any atom is -0.497 e. The Bertz CT molecular complexity index is 708. The molecule has 1 unspecified atom stereocenters. The van der Waals surface area contributed by atoms with Crippen LogP contribution in [0, 0.1) is 0 Å². The van der Waals surface area contributed by atoms with Gasteiger partial charge in [-0.2, -0.15) is 0 Å². The molecule has 0 radical (unpaired) electrons. The van der Waals surface area contributed by atoms with Crippen LogP contribution in [0.15, 0.2) is 42.5 Å². The van der Waals surface area contributed by atoms with E-state index in [1.165, 1.54) is 0 Å². The molecule has 0 aromatic heterocycles. The Morgan fingerprint density at radius 3 is 2.43 bits per heavy atom. The largest absolute Gasteiger partial charge is 0.497 e. The summed E-state index contributed by atoms with van der Waals surface area (Å²) in [7, 11) is 3.13. The number of hydrogen-bond acceptors (Lipinski definition) is 4. The third kappa shape index (κ3) is 3.00. The van der Waals surface area contributed by atoms with E-state index in [2.05, 4.69) is 0 Å². The molecule has 1 amide bonds. The van der Waals surface area contributed by atoms with Crippen molar-refractivity contribution >= 4 is 11.6 Å². The summed E-state index contributed by atoms with van der Waals surface area (Å²) in [6.07, 6.45) is 0.779. The first-order chi connectivity index (χ1) is 11.1. The zero-order valence-corrected chi connectivity index (χ0v) is 13.3.